The van der Waals surface area contributed by atoms with E-state index in [1.165, 1.54) is 5.56 Å². The van der Waals surface area contributed by atoms with Gasteiger partial charge in [0.2, 0.25) is 5.91 Å². The van der Waals surface area contributed by atoms with E-state index in [-0.39, 0.29) is 24.4 Å². The first-order valence-corrected chi connectivity index (χ1v) is 8.90. The Morgan fingerprint density at radius 1 is 1.22 bits per heavy atom. The second-order valence-electron chi connectivity index (χ2n) is 6.64. The van der Waals surface area contributed by atoms with E-state index in [1.807, 2.05) is 53.5 Å². The summed E-state index contributed by atoms with van der Waals surface area (Å²) in [4.78, 5) is 12.1. The van der Waals surface area contributed by atoms with Crippen molar-refractivity contribution in [3.05, 3.63) is 66.5 Å². The molecular formula is C22H20N4O. The second kappa shape index (κ2) is 7.00. The van der Waals surface area contributed by atoms with Crippen LogP contribution in [0.2, 0.25) is 0 Å². The SMILES string of the molecule is C#C[C@@H]1CC(=O)Nc2cccc(-c3cnn(C(C)c4ccccc4)c3)c2N1. The summed E-state index contributed by atoms with van der Waals surface area (Å²) in [7, 11) is 0. The third kappa shape index (κ3) is 3.30. The van der Waals surface area contributed by atoms with Crippen molar-refractivity contribution in [1.82, 2.24) is 9.78 Å². The normalized spacial score (nSPS) is 17.0. The molecule has 2 N–H and O–H groups in total. The summed E-state index contributed by atoms with van der Waals surface area (Å²) >= 11 is 0. The van der Waals surface area contributed by atoms with Crippen molar-refractivity contribution >= 4 is 17.3 Å². The van der Waals surface area contributed by atoms with Crippen LogP contribution in [0.3, 0.4) is 0 Å². The number of anilines is 2. The molecule has 0 bridgehead atoms. The van der Waals surface area contributed by atoms with Crippen LogP contribution in [0.25, 0.3) is 11.1 Å². The zero-order valence-electron chi connectivity index (χ0n) is 15.0. The second-order valence-corrected chi connectivity index (χ2v) is 6.64. The number of rotatable bonds is 3. The van der Waals surface area contributed by atoms with Crippen LogP contribution in [0.4, 0.5) is 11.4 Å². The van der Waals surface area contributed by atoms with Gasteiger partial charge in [0.25, 0.3) is 0 Å². The van der Waals surface area contributed by atoms with Gasteiger partial charge in [0, 0.05) is 17.3 Å². The number of para-hydroxylation sites is 1. The first kappa shape index (κ1) is 16.9. The summed E-state index contributed by atoms with van der Waals surface area (Å²) in [5.41, 5.74) is 4.68. The maximum Gasteiger partial charge on any atom is 0.227 e. The molecule has 0 saturated heterocycles. The van der Waals surface area contributed by atoms with Crippen molar-refractivity contribution in [2.75, 3.05) is 10.6 Å². The van der Waals surface area contributed by atoms with Crippen molar-refractivity contribution in [2.24, 2.45) is 0 Å². The molecule has 1 aliphatic rings. The summed E-state index contributed by atoms with van der Waals surface area (Å²) in [5.74, 6) is 2.56. The van der Waals surface area contributed by atoms with Crippen molar-refractivity contribution in [3.8, 4) is 23.5 Å². The van der Waals surface area contributed by atoms with E-state index in [2.05, 4.69) is 40.7 Å². The number of benzene rings is 2. The molecule has 1 aromatic heterocycles. The largest absolute Gasteiger partial charge is 0.369 e. The lowest BCUT2D eigenvalue weighted by atomic mass is 10.0. The Morgan fingerprint density at radius 3 is 2.81 bits per heavy atom. The van der Waals surface area contributed by atoms with E-state index in [0.717, 1.165) is 22.5 Å². The molecule has 0 fully saturated rings. The highest BCUT2D eigenvalue weighted by Gasteiger charge is 2.22. The van der Waals surface area contributed by atoms with Gasteiger partial charge in [0.1, 0.15) is 0 Å². The molecule has 2 heterocycles. The van der Waals surface area contributed by atoms with Gasteiger partial charge in [-0.3, -0.25) is 9.48 Å². The standard InChI is InChI=1S/C22H20N4O/c1-3-18-12-21(27)25-20-11-7-10-19(22(20)24-18)17-13-23-26(14-17)15(2)16-8-5-4-6-9-16/h1,4-11,13-15,18,24H,12H2,2H3,(H,25,27)/t15?,18-/m1/s1. The Bertz CT molecular complexity index is 1020. The molecule has 0 saturated carbocycles. The number of carbonyl (C=O) groups is 1. The van der Waals surface area contributed by atoms with Crippen molar-refractivity contribution in [1.29, 1.82) is 0 Å². The smallest absolute Gasteiger partial charge is 0.227 e. The number of hydrogen-bond donors (Lipinski definition) is 2. The minimum Gasteiger partial charge on any atom is -0.369 e. The molecule has 1 amide bonds. The van der Waals surface area contributed by atoms with Crippen LogP contribution in [0, 0.1) is 12.3 Å². The number of terminal acetylenes is 1. The molecule has 27 heavy (non-hydrogen) atoms. The number of amides is 1. The molecule has 2 aromatic carbocycles. The number of fused-ring (bicyclic) bond motifs is 1. The molecule has 5 heteroatoms. The van der Waals surface area contributed by atoms with Gasteiger partial charge in [-0.05, 0) is 18.6 Å². The van der Waals surface area contributed by atoms with E-state index in [1.54, 1.807) is 0 Å². The monoisotopic (exact) mass is 356 g/mol. The Kier molecular flexibility index (Phi) is 4.39. The minimum atomic E-state index is -0.342. The first-order chi connectivity index (χ1) is 13.2. The number of hydrogen-bond acceptors (Lipinski definition) is 3. The average molecular weight is 356 g/mol. The molecule has 5 nitrogen and oxygen atoms in total. The minimum absolute atomic E-state index is 0.0882. The topological polar surface area (TPSA) is 59.0 Å². The fourth-order valence-corrected chi connectivity index (χ4v) is 3.34. The fraction of sp³-hybridized carbons (Fsp3) is 0.182. The quantitative estimate of drug-likeness (QED) is 0.700. The van der Waals surface area contributed by atoms with Gasteiger partial charge in [0.05, 0.1) is 36.1 Å². The van der Waals surface area contributed by atoms with Gasteiger partial charge >= 0.3 is 0 Å². The van der Waals surface area contributed by atoms with Crippen LogP contribution in [0.15, 0.2) is 60.9 Å². The predicted octanol–water partition coefficient (Wildman–Crippen LogP) is 3.92. The van der Waals surface area contributed by atoms with Crippen molar-refractivity contribution < 1.29 is 4.79 Å². The zero-order valence-corrected chi connectivity index (χ0v) is 15.0. The molecule has 2 atom stereocenters. The van der Waals surface area contributed by atoms with E-state index in [0.29, 0.717) is 0 Å². The van der Waals surface area contributed by atoms with E-state index < -0.39 is 0 Å². The Labute approximate surface area is 158 Å². The summed E-state index contributed by atoms with van der Waals surface area (Å²) in [6.45, 7) is 2.12. The lowest BCUT2D eigenvalue weighted by Gasteiger charge is -2.15. The van der Waals surface area contributed by atoms with Gasteiger partial charge in [-0.1, -0.05) is 48.4 Å². The van der Waals surface area contributed by atoms with Crippen LogP contribution in [-0.4, -0.2) is 21.7 Å². The predicted molar refractivity (Wildman–Crippen MR) is 107 cm³/mol. The van der Waals surface area contributed by atoms with Gasteiger partial charge in [0.15, 0.2) is 0 Å². The molecule has 0 spiro atoms. The van der Waals surface area contributed by atoms with Crippen LogP contribution in [0.5, 0.6) is 0 Å². The molecule has 0 radical (unpaired) electrons. The number of carbonyl (C=O) groups excluding carboxylic acids is 1. The van der Waals surface area contributed by atoms with Crippen LogP contribution in [0.1, 0.15) is 24.9 Å². The molecule has 1 aliphatic heterocycles. The van der Waals surface area contributed by atoms with Crippen LogP contribution < -0.4 is 10.6 Å². The summed E-state index contributed by atoms with van der Waals surface area (Å²) in [5, 5.41) is 10.8. The summed E-state index contributed by atoms with van der Waals surface area (Å²) in [6, 6.07) is 15.8. The van der Waals surface area contributed by atoms with E-state index in [4.69, 9.17) is 6.42 Å². The highest BCUT2D eigenvalue weighted by Crippen LogP contribution is 2.36. The van der Waals surface area contributed by atoms with E-state index in [9.17, 15) is 4.79 Å². The van der Waals surface area contributed by atoms with Gasteiger partial charge in [-0.15, -0.1) is 6.42 Å². The lowest BCUT2D eigenvalue weighted by Crippen LogP contribution is -2.20. The van der Waals surface area contributed by atoms with Crippen LogP contribution in [-0.2, 0) is 4.79 Å². The highest BCUT2D eigenvalue weighted by atomic mass is 16.1. The third-order valence-corrected chi connectivity index (χ3v) is 4.84. The molecule has 3 aromatic rings. The zero-order chi connectivity index (χ0) is 18.8. The maximum absolute atomic E-state index is 12.1. The highest BCUT2D eigenvalue weighted by molar-refractivity contribution is 6.00. The maximum atomic E-state index is 12.1. The van der Waals surface area contributed by atoms with Gasteiger partial charge in [-0.2, -0.15) is 5.10 Å². The number of nitrogens with zero attached hydrogens (tertiary/aromatic N) is 2. The molecular weight excluding hydrogens is 336 g/mol. The van der Waals surface area contributed by atoms with Gasteiger partial charge < -0.3 is 10.6 Å². The molecule has 4 rings (SSSR count). The molecule has 134 valence electrons. The summed E-state index contributed by atoms with van der Waals surface area (Å²) in [6.07, 6.45) is 9.69. The Morgan fingerprint density at radius 2 is 2.04 bits per heavy atom. The summed E-state index contributed by atoms with van der Waals surface area (Å²) < 4.78 is 1.94. The van der Waals surface area contributed by atoms with Gasteiger partial charge in [-0.25, -0.2) is 0 Å². The molecule has 0 aliphatic carbocycles. The van der Waals surface area contributed by atoms with Crippen LogP contribution >= 0.6 is 0 Å². The van der Waals surface area contributed by atoms with E-state index >= 15 is 0 Å². The Balaban J connectivity index is 1.72. The fourth-order valence-electron chi connectivity index (χ4n) is 3.34. The number of aromatic nitrogens is 2. The Hall–Kier alpha value is -3.52. The average Bonchev–Trinajstić information content (AvgIpc) is 3.11. The van der Waals surface area contributed by atoms with Crippen molar-refractivity contribution in [2.45, 2.75) is 25.4 Å². The third-order valence-electron chi connectivity index (χ3n) is 4.84. The number of nitrogens with one attached hydrogen (secondary N) is 2. The first-order valence-electron chi connectivity index (χ1n) is 8.90. The van der Waals surface area contributed by atoms with Crippen molar-refractivity contribution in [3.63, 3.8) is 0 Å². The molecule has 1 unspecified atom stereocenters. The lowest BCUT2D eigenvalue weighted by molar-refractivity contribution is -0.116.